The zero-order valence-electron chi connectivity index (χ0n) is 13.7. The number of amides is 1. The van der Waals surface area contributed by atoms with E-state index < -0.39 is 0 Å². The molecule has 1 N–H and O–H groups in total. The van der Waals surface area contributed by atoms with Gasteiger partial charge in [0.15, 0.2) is 5.65 Å². The largest absolute Gasteiger partial charge is 0.328 e. The smallest absolute Gasteiger partial charge is 0.278 e. The Morgan fingerprint density at radius 1 is 1.12 bits per heavy atom. The van der Waals surface area contributed by atoms with Gasteiger partial charge in [-0.15, -0.1) is 11.3 Å². The molecule has 7 heteroatoms. The first-order chi connectivity index (χ1) is 12.7. The highest BCUT2D eigenvalue weighted by atomic mass is 32.1. The number of hydrogen-bond acceptors (Lipinski definition) is 4. The third-order valence-electron chi connectivity index (χ3n) is 4.55. The minimum absolute atomic E-state index is 0.192. The molecule has 128 valence electrons. The fourth-order valence-corrected chi connectivity index (χ4v) is 3.97. The Balaban J connectivity index is 1.55. The number of carbonyl (C=O) groups is 1. The van der Waals surface area contributed by atoms with Crippen molar-refractivity contribution in [1.29, 1.82) is 0 Å². The first kappa shape index (κ1) is 15.1. The summed E-state index contributed by atoms with van der Waals surface area (Å²) in [4.78, 5) is 32.7. The van der Waals surface area contributed by atoms with E-state index in [4.69, 9.17) is 0 Å². The van der Waals surface area contributed by atoms with Gasteiger partial charge in [-0.3, -0.25) is 14.7 Å². The summed E-state index contributed by atoms with van der Waals surface area (Å²) < 4.78 is 1.42. The molecular weight excluding hydrogens is 348 g/mol. The van der Waals surface area contributed by atoms with Gasteiger partial charge in [0.05, 0.1) is 22.7 Å². The van der Waals surface area contributed by atoms with E-state index in [0.717, 1.165) is 16.1 Å². The minimum Gasteiger partial charge on any atom is -0.328 e. The maximum atomic E-state index is 12.9. The van der Waals surface area contributed by atoms with Crippen molar-refractivity contribution in [3.8, 4) is 10.6 Å². The molecule has 0 saturated heterocycles. The molecule has 1 aromatic carbocycles. The van der Waals surface area contributed by atoms with Gasteiger partial charge < -0.3 is 4.90 Å². The molecular formula is C19H14N4O2S. The lowest BCUT2D eigenvalue weighted by molar-refractivity contribution is 0.0762. The number of H-pyrrole nitrogens is 1. The van der Waals surface area contributed by atoms with Gasteiger partial charge in [0.25, 0.3) is 11.5 Å². The molecule has 26 heavy (non-hydrogen) atoms. The van der Waals surface area contributed by atoms with Crippen LogP contribution in [0, 0.1) is 0 Å². The molecule has 1 aliphatic heterocycles. The van der Waals surface area contributed by atoms with Crippen LogP contribution in [0.2, 0.25) is 0 Å². The van der Waals surface area contributed by atoms with Crippen molar-refractivity contribution in [3.63, 3.8) is 0 Å². The lowest BCUT2D eigenvalue weighted by Crippen LogP contribution is -2.23. The first-order valence-electron chi connectivity index (χ1n) is 8.22. The van der Waals surface area contributed by atoms with E-state index in [2.05, 4.69) is 10.1 Å². The van der Waals surface area contributed by atoms with Crippen LogP contribution in [0.25, 0.3) is 16.2 Å². The quantitative estimate of drug-likeness (QED) is 0.609. The van der Waals surface area contributed by atoms with Gasteiger partial charge >= 0.3 is 0 Å². The van der Waals surface area contributed by atoms with Gasteiger partial charge in [0.1, 0.15) is 5.69 Å². The van der Waals surface area contributed by atoms with Crippen LogP contribution in [-0.4, -0.2) is 25.4 Å². The van der Waals surface area contributed by atoms with Crippen molar-refractivity contribution in [2.75, 3.05) is 0 Å². The van der Waals surface area contributed by atoms with Crippen LogP contribution in [-0.2, 0) is 13.1 Å². The van der Waals surface area contributed by atoms with E-state index in [1.165, 1.54) is 4.52 Å². The van der Waals surface area contributed by atoms with Crippen molar-refractivity contribution in [3.05, 3.63) is 81.1 Å². The summed E-state index contributed by atoms with van der Waals surface area (Å²) in [6.45, 7) is 0.750. The Morgan fingerprint density at radius 3 is 2.73 bits per heavy atom. The van der Waals surface area contributed by atoms with Crippen molar-refractivity contribution in [1.82, 2.24) is 19.5 Å². The highest BCUT2D eigenvalue weighted by Crippen LogP contribution is 2.25. The van der Waals surface area contributed by atoms with Gasteiger partial charge in [-0.05, 0) is 17.0 Å². The average molecular weight is 362 g/mol. The molecule has 0 spiro atoms. The number of nitrogens with zero attached hydrogens (tertiary/aromatic N) is 3. The lowest BCUT2D eigenvalue weighted by atomic mass is 10.2. The third-order valence-corrected chi connectivity index (χ3v) is 5.45. The highest BCUT2D eigenvalue weighted by Gasteiger charge is 2.32. The summed E-state index contributed by atoms with van der Waals surface area (Å²) in [6, 6.07) is 15.5. The molecule has 3 aromatic heterocycles. The first-order valence-corrected chi connectivity index (χ1v) is 9.10. The molecule has 1 amide bonds. The Labute approximate surface area is 152 Å². The number of fused-ring (bicyclic) bond motifs is 2. The monoisotopic (exact) mass is 362 g/mol. The average Bonchev–Trinajstić information content (AvgIpc) is 3.37. The predicted molar refractivity (Wildman–Crippen MR) is 99.1 cm³/mol. The van der Waals surface area contributed by atoms with Crippen LogP contribution in [0.1, 0.15) is 21.6 Å². The number of rotatable bonds is 3. The van der Waals surface area contributed by atoms with Crippen molar-refractivity contribution in [2.45, 2.75) is 13.1 Å². The van der Waals surface area contributed by atoms with Crippen LogP contribution in [0.4, 0.5) is 0 Å². The highest BCUT2D eigenvalue weighted by molar-refractivity contribution is 7.13. The molecule has 0 atom stereocenters. The lowest BCUT2D eigenvalue weighted by Gasteiger charge is -2.14. The summed E-state index contributed by atoms with van der Waals surface area (Å²) in [5.74, 6) is -0.192. The van der Waals surface area contributed by atoms with Crippen LogP contribution in [0.5, 0.6) is 0 Å². The number of nitrogens with one attached hydrogen (secondary N) is 1. The number of thiophene rings is 1. The molecule has 5 rings (SSSR count). The van der Waals surface area contributed by atoms with Gasteiger partial charge in [-0.2, -0.15) is 0 Å². The summed E-state index contributed by atoms with van der Waals surface area (Å²) in [5, 5.41) is 5.07. The van der Waals surface area contributed by atoms with E-state index in [1.807, 2.05) is 47.8 Å². The number of hydrogen-bond donors (Lipinski definition) is 1. The van der Waals surface area contributed by atoms with Crippen LogP contribution in [0.3, 0.4) is 0 Å². The molecule has 0 fully saturated rings. The Bertz CT molecular complexity index is 1180. The SMILES string of the molecule is O=C1c2nc3cc(-c4cccs4)[nH]n3c(=O)c2CN1Cc1ccccc1. The number of aromatic amines is 1. The van der Waals surface area contributed by atoms with Crippen molar-refractivity contribution >= 4 is 22.9 Å². The summed E-state index contributed by atoms with van der Waals surface area (Å²) in [7, 11) is 0. The Morgan fingerprint density at radius 2 is 1.96 bits per heavy atom. The van der Waals surface area contributed by atoms with E-state index in [0.29, 0.717) is 17.8 Å². The zero-order chi connectivity index (χ0) is 17.7. The van der Waals surface area contributed by atoms with Crippen molar-refractivity contribution in [2.24, 2.45) is 0 Å². The third kappa shape index (κ3) is 2.28. The topological polar surface area (TPSA) is 70.5 Å². The van der Waals surface area contributed by atoms with Crippen molar-refractivity contribution < 1.29 is 4.79 Å². The van der Waals surface area contributed by atoms with E-state index in [9.17, 15) is 9.59 Å². The Kier molecular flexibility index (Phi) is 3.29. The zero-order valence-corrected chi connectivity index (χ0v) is 14.5. The number of aromatic nitrogens is 3. The molecule has 6 nitrogen and oxygen atoms in total. The number of carbonyl (C=O) groups excluding carboxylic acids is 1. The molecule has 4 heterocycles. The Hall–Kier alpha value is -3.19. The maximum Gasteiger partial charge on any atom is 0.278 e. The van der Waals surface area contributed by atoms with Crippen LogP contribution in [0.15, 0.2) is 58.7 Å². The second-order valence-electron chi connectivity index (χ2n) is 6.23. The molecule has 4 aromatic rings. The fraction of sp³-hybridized carbons (Fsp3) is 0.105. The molecule has 0 radical (unpaired) electrons. The predicted octanol–water partition coefficient (Wildman–Crippen LogP) is 2.91. The molecule has 1 aliphatic rings. The second-order valence-corrected chi connectivity index (χ2v) is 7.18. The van der Waals surface area contributed by atoms with E-state index in [1.54, 1.807) is 22.3 Å². The van der Waals surface area contributed by atoms with E-state index in [-0.39, 0.29) is 23.7 Å². The summed E-state index contributed by atoms with van der Waals surface area (Å²) in [6.07, 6.45) is 0. The van der Waals surface area contributed by atoms with Crippen LogP contribution >= 0.6 is 11.3 Å². The molecule has 0 aliphatic carbocycles. The minimum atomic E-state index is -0.211. The summed E-state index contributed by atoms with van der Waals surface area (Å²) in [5.41, 5.74) is 2.82. The summed E-state index contributed by atoms with van der Waals surface area (Å²) >= 11 is 1.58. The fourth-order valence-electron chi connectivity index (χ4n) is 3.28. The van der Waals surface area contributed by atoms with Crippen LogP contribution < -0.4 is 5.56 Å². The van der Waals surface area contributed by atoms with E-state index >= 15 is 0 Å². The van der Waals surface area contributed by atoms with Gasteiger partial charge in [0, 0.05) is 12.6 Å². The molecule has 0 saturated carbocycles. The maximum absolute atomic E-state index is 12.9. The second kappa shape index (κ2) is 5.67. The normalized spacial score (nSPS) is 13.5. The molecule has 0 bridgehead atoms. The number of benzene rings is 1. The standard InChI is InChI=1S/C19H14N4O2S/c24-18-13-11-22(10-12-5-2-1-3-6-12)19(25)17(13)20-16-9-14(21-23(16)18)15-7-4-8-26-15/h1-9,21H,10-11H2. The molecule has 0 unspecified atom stereocenters. The van der Waals surface area contributed by atoms with Gasteiger partial charge in [-0.25, -0.2) is 9.50 Å². The van der Waals surface area contributed by atoms with Gasteiger partial charge in [-0.1, -0.05) is 36.4 Å². The van der Waals surface area contributed by atoms with Gasteiger partial charge in [0.2, 0.25) is 0 Å².